The molecule has 0 radical (unpaired) electrons. The van der Waals surface area contributed by atoms with Gasteiger partial charge in [0.2, 0.25) is 6.79 Å². The number of imidazole rings is 1. The van der Waals surface area contributed by atoms with E-state index in [-0.39, 0.29) is 6.79 Å². The van der Waals surface area contributed by atoms with Crippen molar-refractivity contribution < 1.29 is 14.7 Å². The molecule has 0 spiro atoms. The van der Waals surface area contributed by atoms with Crippen LogP contribution in [0.3, 0.4) is 0 Å². The number of para-hydroxylation sites is 2. The second-order valence-electron chi connectivity index (χ2n) is 6.36. The van der Waals surface area contributed by atoms with Crippen LogP contribution in [-0.2, 0) is 0 Å². The van der Waals surface area contributed by atoms with Crippen LogP contribution in [0.1, 0.15) is 0 Å². The molecule has 1 aliphatic heterocycles. The molecule has 130 valence electrons. The molecule has 7 heteroatoms. The number of fused-ring (bicyclic) bond motifs is 4. The van der Waals surface area contributed by atoms with Gasteiger partial charge in [0.25, 0.3) is 0 Å². The molecule has 6 rings (SSSR count). The van der Waals surface area contributed by atoms with E-state index >= 15 is 0 Å². The average Bonchev–Trinajstić information content (AvgIpc) is 3.32. The summed E-state index contributed by atoms with van der Waals surface area (Å²) < 4.78 is 11.9. The highest BCUT2D eigenvalue weighted by Crippen LogP contribution is 2.36. The molecule has 0 aliphatic carbocycles. The summed E-state index contributed by atoms with van der Waals surface area (Å²) in [4.78, 5) is 13.9. The number of aromatic nitrogens is 4. The van der Waals surface area contributed by atoms with E-state index in [0.717, 1.165) is 21.6 Å². The number of nitrogens with zero attached hydrogens (tertiary/aromatic N) is 4. The summed E-state index contributed by atoms with van der Waals surface area (Å²) in [6.07, 6.45) is 0. The van der Waals surface area contributed by atoms with Gasteiger partial charge < -0.3 is 14.7 Å². The zero-order valence-corrected chi connectivity index (χ0v) is 14.0. The summed E-state index contributed by atoms with van der Waals surface area (Å²) in [5, 5.41) is 10.6. The molecule has 7 nitrogen and oxygen atoms in total. The summed E-state index contributed by atoms with van der Waals surface area (Å²) in [5.41, 5.74) is 4.84. The third kappa shape index (κ3) is 2.05. The second-order valence-corrected chi connectivity index (χ2v) is 6.36. The summed E-state index contributed by atoms with van der Waals surface area (Å²) in [5.74, 6) is 2.00. The van der Waals surface area contributed by atoms with Gasteiger partial charge in [-0.05, 0) is 42.5 Å². The molecule has 0 unspecified atom stereocenters. The van der Waals surface area contributed by atoms with Gasteiger partial charge in [0.1, 0.15) is 11.0 Å². The maximum Gasteiger partial charge on any atom is 0.231 e. The minimum Gasteiger partial charge on any atom is -0.454 e. The summed E-state index contributed by atoms with van der Waals surface area (Å²) >= 11 is 0. The van der Waals surface area contributed by atoms with E-state index in [0.29, 0.717) is 39.2 Å². The summed E-state index contributed by atoms with van der Waals surface area (Å²) in [7, 11) is 0. The Morgan fingerprint density at radius 3 is 2.48 bits per heavy atom. The fourth-order valence-corrected chi connectivity index (χ4v) is 3.41. The Kier molecular flexibility index (Phi) is 2.69. The molecule has 5 aromatic rings. The fraction of sp³-hybridized carbons (Fsp3) is 0.0500. The zero-order valence-electron chi connectivity index (χ0n) is 14.0. The van der Waals surface area contributed by atoms with Crippen molar-refractivity contribution in [1.29, 1.82) is 0 Å². The van der Waals surface area contributed by atoms with E-state index in [9.17, 15) is 5.21 Å². The van der Waals surface area contributed by atoms with Crippen LogP contribution in [0.15, 0.2) is 54.6 Å². The molecule has 0 bridgehead atoms. The van der Waals surface area contributed by atoms with Gasteiger partial charge in [-0.15, -0.1) is 0 Å². The van der Waals surface area contributed by atoms with E-state index in [4.69, 9.17) is 9.47 Å². The Morgan fingerprint density at radius 1 is 0.741 bits per heavy atom. The fourth-order valence-electron chi connectivity index (χ4n) is 3.41. The normalized spacial score (nSPS) is 13.0. The third-order valence-corrected chi connectivity index (χ3v) is 4.73. The van der Waals surface area contributed by atoms with Gasteiger partial charge in [-0.1, -0.05) is 12.1 Å². The lowest BCUT2D eigenvalue weighted by atomic mass is 10.2. The standard InChI is InChI=1S/C20H12N4O3/c25-24-16-4-2-1-3-12(16)21-15-8-13-14(9-17(15)24)23-20(22-13)11-5-6-18-19(7-11)27-10-26-18/h1-9,25H,10H2. The summed E-state index contributed by atoms with van der Waals surface area (Å²) in [6.45, 7) is 0.226. The van der Waals surface area contributed by atoms with E-state index in [1.165, 1.54) is 0 Å². The molecule has 27 heavy (non-hydrogen) atoms. The van der Waals surface area contributed by atoms with Crippen molar-refractivity contribution in [3.05, 3.63) is 54.6 Å². The molecule has 3 aromatic carbocycles. The van der Waals surface area contributed by atoms with Gasteiger partial charge in [-0.3, -0.25) is 0 Å². The quantitative estimate of drug-likeness (QED) is 0.364. The van der Waals surface area contributed by atoms with Crippen molar-refractivity contribution in [1.82, 2.24) is 19.7 Å². The number of ether oxygens (including phenoxy) is 2. The summed E-state index contributed by atoms with van der Waals surface area (Å²) in [6, 6.07) is 16.7. The molecule has 0 fully saturated rings. The van der Waals surface area contributed by atoms with E-state index in [1.54, 1.807) is 6.07 Å². The molecule has 0 saturated carbocycles. The lowest BCUT2D eigenvalue weighted by molar-refractivity contribution is 0.174. The first-order chi connectivity index (χ1) is 13.3. The molecule has 2 aromatic heterocycles. The first-order valence-corrected chi connectivity index (χ1v) is 8.44. The smallest absolute Gasteiger partial charge is 0.231 e. The minimum absolute atomic E-state index is 0.226. The van der Waals surface area contributed by atoms with Gasteiger partial charge in [-0.2, -0.15) is 4.73 Å². The van der Waals surface area contributed by atoms with Crippen LogP contribution >= 0.6 is 0 Å². The van der Waals surface area contributed by atoms with E-state index in [1.807, 2.05) is 48.5 Å². The minimum atomic E-state index is 0.226. The Balaban J connectivity index is 1.58. The lowest BCUT2D eigenvalue weighted by Gasteiger charge is -2.07. The highest BCUT2D eigenvalue weighted by Gasteiger charge is 2.17. The van der Waals surface area contributed by atoms with Crippen LogP contribution in [0.5, 0.6) is 11.5 Å². The lowest BCUT2D eigenvalue weighted by Crippen LogP contribution is -1.99. The van der Waals surface area contributed by atoms with Crippen molar-refractivity contribution in [3.63, 3.8) is 0 Å². The van der Waals surface area contributed by atoms with Crippen molar-refractivity contribution in [3.8, 4) is 22.9 Å². The predicted octanol–water partition coefficient (Wildman–Crippen LogP) is 3.77. The van der Waals surface area contributed by atoms with Gasteiger partial charge >= 0.3 is 0 Å². The molecule has 1 aliphatic rings. The Morgan fingerprint density at radius 2 is 1.56 bits per heavy atom. The number of hydrogen-bond donors (Lipinski definition) is 1. The number of rotatable bonds is 1. The molecule has 0 saturated heterocycles. The molecule has 3 heterocycles. The molecular formula is C20H12N4O3. The molecule has 0 atom stereocenters. The Labute approximate surface area is 152 Å². The molecular weight excluding hydrogens is 344 g/mol. The Bertz CT molecular complexity index is 1380. The maximum absolute atomic E-state index is 10.6. The largest absolute Gasteiger partial charge is 0.454 e. The first-order valence-electron chi connectivity index (χ1n) is 8.44. The predicted molar refractivity (Wildman–Crippen MR) is 99.1 cm³/mol. The van der Waals surface area contributed by atoms with E-state index in [2.05, 4.69) is 15.0 Å². The topological polar surface area (TPSA) is 82.3 Å². The van der Waals surface area contributed by atoms with Gasteiger partial charge in [0.05, 0.1) is 22.1 Å². The van der Waals surface area contributed by atoms with Crippen molar-refractivity contribution >= 4 is 33.1 Å². The van der Waals surface area contributed by atoms with Crippen LogP contribution in [-0.4, -0.2) is 31.7 Å². The van der Waals surface area contributed by atoms with Crippen molar-refractivity contribution in [2.24, 2.45) is 0 Å². The second kappa shape index (κ2) is 5.07. The first kappa shape index (κ1) is 14.3. The monoisotopic (exact) mass is 356 g/mol. The number of hydrogen-bond acceptors (Lipinski definition) is 6. The van der Waals surface area contributed by atoms with Gasteiger partial charge in [-0.25, -0.2) is 15.0 Å². The van der Waals surface area contributed by atoms with Crippen molar-refractivity contribution in [2.75, 3.05) is 6.79 Å². The SMILES string of the molecule is On1c2ccccc2nc2cc3nc(-c4ccc5c(c4)OCO5)nc3cc21. The van der Waals surface area contributed by atoms with Crippen LogP contribution in [0.25, 0.3) is 44.5 Å². The highest BCUT2D eigenvalue weighted by atomic mass is 16.7. The van der Waals surface area contributed by atoms with Crippen LogP contribution in [0.4, 0.5) is 0 Å². The maximum atomic E-state index is 10.6. The molecule has 0 amide bonds. The third-order valence-electron chi connectivity index (χ3n) is 4.73. The van der Waals surface area contributed by atoms with Crippen LogP contribution < -0.4 is 9.47 Å². The highest BCUT2D eigenvalue weighted by molar-refractivity contribution is 5.96. The van der Waals surface area contributed by atoms with Gasteiger partial charge in [0, 0.05) is 5.56 Å². The van der Waals surface area contributed by atoms with E-state index < -0.39 is 0 Å². The van der Waals surface area contributed by atoms with Gasteiger partial charge in [0.15, 0.2) is 17.3 Å². The van der Waals surface area contributed by atoms with Crippen molar-refractivity contribution in [2.45, 2.75) is 0 Å². The molecule has 1 N–H and O–H groups in total. The van der Waals surface area contributed by atoms with Crippen LogP contribution in [0, 0.1) is 0 Å². The average molecular weight is 356 g/mol. The zero-order chi connectivity index (χ0) is 18.0. The Hall–Kier alpha value is -3.87. The number of benzene rings is 3. The van der Waals surface area contributed by atoms with Crippen LogP contribution in [0.2, 0.25) is 0 Å².